The first kappa shape index (κ1) is 16.4. The number of hydrogen-bond acceptors (Lipinski definition) is 4. The number of carbonyl (C=O) groups excluding carboxylic acids is 2. The van der Waals surface area contributed by atoms with Crippen LogP contribution < -0.4 is 10.2 Å². The zero-order chi connectivity index (χ0) is 16.9. The number of anilines is 2. The topological polar surface area (TPSA) is 62.3 Å². The van der Waals surface area contributed by atoms with Crippen molar-refractivity contribution in [3.05, 3.63) is 48.5 Å². The third-order valence-electron chi connectivity index (χ3n) is 3.61. The normalized spacial score (nSPS) is 14.0. The van der Waals surface area contributed by atoms with Gasteiger partial charge in [-0.05, 0) is 36.8 Å². The van der Waals surface area contributed by atoms with Gasteiger partial charge < -0.3 is 10.2 Å². The number of nitrogens with one attached hydrogen (secondary N) is 1. The van der Waals surface area contributed by atoms with Crippen molar-refractivity contribution < 1.29 is 14.0 Å². The molecule has 1 aromatic heterocycles. The zero-order valence-electron chi connectivity index (χ0n) is 12.9. The highest BCUT2D eigenvalue weighted by atomic mass is 32.2. The highest BCUT2D eigenvalue weighted by Gasteiger charge is 2.24. The van der Waals surface area contributed by atoms with Gasteiger partial charge in [0.05, 0.1) is 11.4 Å². The van der Waals surface area contributed by atoms with Crippen LogP contribution in [0.2, 0.25) is 0 Å². The molecule has 3 rings (SSSR count). The lowest BCUT2D eigenvalue weighted by atomic mass is 10.2. The van der Waals surface area contributed by atoms with Crippen LogP contribution in [-0.4, -0.2) is 29.1 Å². The number of halogens is 1. The summed E-state index contributed by atoms with van der Waals surface area (Å²) in [5, 5.41) is 2.74. The molecule has 1 aromatic carbocycles. The predicted octanol–water partition coefficient (Wildman–Crippen LogP) is 3.08. The molecule has 0 unspecified atom stereocenters. The average Bonchev–Trinajstić information content (AvgIpc) is 3.01. The van der Waals surface area contributed by atoms with E-state index in [-0.39, 0.29) is 23.3 Å². The zero-order valence-corrected chi connectivity index (χ0v) is 13.7. The fraction of sp³-hybridized carbons (Fsp3) is 0.235. The first-order chi connectivity index (χ1) is 11.6. The van der Waals surface area contributed by atoms with Crippen molar-refractivity contribution in [1.29, 1.82) is 0 Å². The van der Waals surface area contributed by atoms with E-state index < -0.39 is 5.82 Å². The summed E-state index contributed by atoms with van der Waals surface area (Å²) < 4.78 is 14.0. The molecule has 7 heteroatoms. The summed E-state index contributed by atoms with van der Waals surface area (Å²) in [5.74, 6) is -0.513. The van der Waals surface area contributed by atoms with Crippen LogP contribution in [-0.2, 0) is 9.59 Å². The van der Waals surface area contributed by atoms with Gasteiger partial charge in [0.2, 0.25) is 11.8 Å². The molecule has 1 aliphatic heterocycles. The molecule has 24 heavy (non-hydrogen) atoms. The fourth-order valence-electron chi connectivity index (χ4n) is 2.48. The van der Waals surface area contributed by atoms with Crippen LogP contribution in [0.25, 0.3) is 0 Å². The lowest BCUT2D eigenvalue weighted by molar-refractivity contribution is -0.117. The Morgan fingerprint density at radius 2 is 2.08 bits per heavy atom. The van der Waals surface area contributed by atoms with E-state index in [2.05, 4.69) is 10.3 Å². The van der Waals surface area contributed by atoms with Gasteiger partial charge in [-0.25, -0.2) is 4.39 Å². The maximum absolute atomic E-state index is 14.0. The highest BCUT2D eigenvalue weighted by molar-refractivity contribution is 8.00. The van der Waals surface area contributed by atoms with Crippen LogP contribution in [0.15, 0.2) is 47.6 Å². The third-order valence-corrected chi connectivity index (χ3v) is 4.63. The molecular weight excluding hydrogens is 329 g/mol. The summed E-state index contributed by atoms with van der Waals surface area (Å²) in [6.07, 6.45) is 4.48. The minimum atomic E-state index is -0.464. The summed E-state index contributed by atoms with van der Waals surface area (Å²) in [5.41, 5.74) is 0.698. The number of amides is 2. The molecule has 2 heterocycles. The SMILES string of the molecule is O=C(CSc1ccncc1)Nc1ccc(F)c(N2CCCC2=O)c1. The predicted molar refractivity (Wildman–Crippen MR) is 91.6 cm³/mol. The van der Waals surface area contributed by atoms with Crippen LogP contribution in [0.1, 0.15) is 12.8 Å². The Balaban J connectivity index is 1.64. The molecule has 0 aliphatic carbocycles. The van der Waals surface area contributed by atoms with Crippen molar-refractivity contribution in [2.75, 3.05) is 22.5 Å². The van der Waals surface area contributed by atoms with Crippen LogP contribution in [0.4, 0.5) is 15.8 Å². The first-order valence-electron chi connectivity index (χ1n) is 7.56. The quantitative estimate of drug-likeness (QED) is 0.846. The molecule has 2 amide bonds. The minimum absolute atomic E-state index is 0.0920. The van der Waals surface area contributed by atoms with Crippen molar-refractivity contribution in [2.45, 2.75) is 17.7 Å². The van der Waals surface area contributed by atoms with E-state index >= 15 is 0 Å². The van der Waals surface area contributed by atoms with E-state index in [1.807, 2.05) is 12.1 Å². The van der Waals surface area contributed by atoms with Crippen LogP contribution >= 0.6 is 11.8 Å². The summed E-state index contributed by atoms with van der Waals surface area (Å²) in [7, 11) is 0. The van der Waals surface area contributed by atoms with Crippen molar-refractivity contribution >= 4 is 35.0 Å². The molecular formula is C17H16FN3O2S. The van der Waals surface area contributed by atoms with Gasteiger partial charge in [0.1, 0.15) is 5.82 Å². The largest absolute Gasteiger partial charge is 0.325 e. The fourth-order valence-corrected chi connectivity index (χ4v) is 3.16. The van der Waals surface area contributed by atoms with Gasteiger partial charge in [0.15, 0.2) is 0 Å². The molecule has 2 aromatic rings. The van der Waals surface area contributed by atoms with Gasteiger partial charge in [-0.3, -0.25) is 14.6 Å². The van der Waals surface area contributed by atoms with E-state index in [0.717, 1.165) is 11.3 Å². The second-order valence-electron chi connectivity index (χ2n) is 5.33. The molecule has 1 saturated heterocycles. The summed E-state index contributed by atoms with van der Waals surface area (Å²) in [6, 6.07) is 7.92. The van der Waals surface area contributed by atoms with E-state index in [1.54, 1.807) is 12.4 Å². The Labute approximate surface area is 143 Å². The van der Waals surface area contributed by atoms with Crippen molar-refractivity contribution in [2.24, 2.45) is 0 Å². The molecule has 124 valence electrons. The second kappa shape index (κ2) is 7.44. The molecule has 0 bridgehead atoms. The van der Waals surface area contributed by atoms with Crippen LogP contribution in [0, 0.1) is 5.82 Å². The van der Waals surface area contributed by atoms with E-state index in [0.29, 0.717) is 18.7 Å². The third kappa shape index (κ3) is 3.91. The summed E-state index contributed by atoms with van der Waals surface area (Å²) >= 11 is 1.39. The number of nitrogens with zero attached hydrogens (tertiary/aromatic N) is 2. The van der Waals surface area contributed by atoms with Gasteiger partial charge >= 0.3 is 0 Å². The Morgan fingerprint density at radius 3 is 2.79 bits per heavy atom. The molecule has 0 spiro atoms. The molecule has 0 atom stereocenters. The number of thioether (sulfide) groups is 1. The Hall–Kier alpha value is -2.41. The standard InChI is InChI=1S/C17H16FN3O2S/c18-14-4-3-12(10-15(14)21-9-1-2-17(21)23)20-16(22)11-24-13-5-7-19-8-6-13/h3-8,10H,1-2,9,11H2,(H,20,22). The number of carbonyl (C=O) groups is 2. The number of benzene rings is 1. The van der Waals surface area contributed by atoms with Gasteiger partial charge in [-0.15, -0.1) is 11.8 Å². The van der Waals surface area contributed by atoms with Gasteiger partial charge in [-0.1, -0.05) is 0 Å². The molecule has 0 saturated carbocycles. The summed E-state index contributed by atoms with van der Waals surface area (Å²) in [4.78, 5) is 30.1. The lowest BCUT2D eigenvalue weighted by Gasteiger charge is -2.17. The van der Waals surface area contributed by atoms with E-state index in [4.69, 9.17) is 0 Å². The van der Waals surface area contributed by atoms with Gasteiger partial charge in [0, 0.05) is 35.9 Å². The summed E-state index contributed by atoms with van der Waals surface area (Å²) in [6.45, 7) is 0.505. The smallest absolute Gasteiger partial charge is 0.234 e. The number of rotatable bonds is 5. The highest BCUT2D eigenvalue weighted by Crippen LogP contribution is 2.27. The number of pyridine rings is 1. The monoisotopic (exact) mass is 345 g/mol. The van der Waals surface area contributed by atoms with Crippen molar-refractivity contribution in [3.8, 4) is 0 Å². The molecule has 0 radical (unpaired) electrons. The molecule has 1 aliphatic rings. The van der Waals surface area contributed by atoms with Crippen molar-refractivity contribution in [1.82, 2.24) is 4.98 Å². The maximum atomic E-state index is 14.0. The van der Waals surface area contributed by atoms with Crippen LogP contribution in [0.3, 0.4) is 0 Å². The molecule has 1 fully saturated rings. The maximum Gasteiger partial charge on any atom is 0.234 e. The Morgan fingerprint density at radius 1 is 1.29 bits per heavy atom. The van der Waals surface area contributed by atoms with Crippen LogP contribution in [0.5, 0.6) is 0 Å². The van der Waals surface area contributed by atoms with Gasteiger partial charge in [-0.2, -0.15) is 0 Å². The lowest BCUT2D eigenvalue weighted by Crippen LogP contribution is -2.25. The Bertz CT molecular complexity index is 755. The second-order valence-corrected chi connectivity index (χ2v) is 6.38. The van der Waals surface area contributed by atoms with Gasteiger partial charge in [0.25, 0.3) is 0 Å². The number of aromatic nitrogens is 1. The average molecular weight is 345 g/mol. The Kier molecular flexibility index (Phi) is 5.10. The number of hydrogen-bond donors (Lipinski definition) is 1. The van der Waals surface area contributed by atoms with E-state index in [1.165, 1.54) is 34.9 Å². The molecule has 1 N–H and O–H groups in total. The minimum Gasteiger partial charge on any atom is -0.325 e. The van der Waals surface area contributed by atoms with E-state index in [9.17, 15) is 14.0 Å². The molecule has 5 nitrogen and oxygen atoms in total. The first-order valence-corrected chi connectivity index (χ1v) is 8.54. The van der Waals surface area contributed by atoms with Crippen molar-refractivity contribution in [3.63, 3.8) is 0 Å².